The van der Waals surface area contributed by atoms with Crippen molar-refractivity contribution in [1.82, 2.24) is 4.31 Å². The highest BCUT2D eigenvalue weighted by Crippen LogP contribution is 2.81. The number of aryl methyl sites for hydroxylation is 1. The van der Waals surface area contributed by atoms with Crippen molar-refractivity contribution in [3.8, 4) is 0 Å². The Morgan fingerprint density at radius 2 is 1.59 bits per heavy atom. The van der Waals surface area contributed by atoms with E-state index in [1.165, 1.54) is 31.2 Å². The highest BCUT2D eigenvalue weighted by atomic mass is 32.2. The van der Waals surface area contributed by atoms with E-state index in [1.54, 1.807) is 12.1 Å². The predicted molar refractivity (Wildman–Crippen MR) is 114 cm³/mol. The van der Waals surface area contributed by atoms with E-state index in [1.807, 2.05) is 23.4 Å². The van der Waals surface area contributed by atoms with E-state index in [2.05, 4.69) is 30.3 Å². The monoisotopic (exact) mass is 407 g/mol. The zero-order valence-electron chi connectivity index (χ0n) is 17.0. The standard InChI is InChI=1S/C25H29NO2S/c1-17-11-13-19(14-12-17)29(27,28)26-15-22-23(18-7-3-2-4-8-18)25(22,16-26)24-20-9-5-6-10-21(20)24/h2-4,7-8,11-14,20-24H,5-6,9-10,15-16H2,1H3/t20-,21+,22-,23?,24?,25?/m0/s1. The molecule has 2 aromatic carbocycles. The molecule has 6 atom stereocenters. The van der Waals surface area contributed by atoms with Crippen molar-refractivity contribution in [3.05, 3.63) is 65.7 Å². The van der Waals surface area contributed by atoms with Crippen molar-refractivity contribution in [2.24, 2.45) is 29.1 Å². The van der Waals surface area contributed by atoms with E-state index in [0.717, 1.165) is 23.3 Å². The summed E-state index contributed by atoms with van der Waals surface area (Å²) in [6, 6.07) is 18.2. The minimum atomic E-state index is -3.41. The van der Waals surface area contributed by atoms with E-state index in [4.69, 9.17) is 0 Å². The molecule has 1 heterocycles. The number of hydrogen-bond donors (Lipinski definition) is 0. The summed E-state index contributed by atoms with van der Waals surface area (Å²) in [7, 11) is -3.41. The van der Waals surface area contributed by atoms with Crippen LogP contribution in [0.1, 0.15) is 42.7 Å². The molecule has 0 spiro atoms. The second-order valence-electron chi connectivity index (χ2n) is 9.86. The van der Waals surface area contributed by atoms with Crippen LogP contribution in [0.4, 0.5) is 0 Å². The van der Waals surface area contributed by atoms with Crippen molar-refractivity contribution in [2.45, 2.75) is 43.4 Å². The Hall–Kier alpha value is -1.65. The number of benzene rings is 2. The first kappa shape index (κ1) is 18.1. The Balaban J connectivity index is 1.33. The highest BCUT2D eigenvalue weighted by molar-refractivity contribution is 7.89. The van der Waals surface area contributed by atoms with Gasteiger partial charge in [-0.3, -0.25) is 0 Å². The largest absolute Gasteiger partial charge is 0.243 e. The summed E-state index contributed by atoms with van der Waals surface area (Å²) in [5.41, 5.74) is 2.70. The third kappa shape index (κ3) is 2.55. The van der Waals surface area contributed by atoms with E-state index in [0.29, 0.717) is 29.8 Å². The van der Waals surface area contributed by atoms with E-state index >= 15 is 0 Å². The van der Waals surface area contributed by atoms with Gasteiger partial charge in [-0.25, -0.2) is 8.42 Å². The summed E-state index contributed by atoms with van der Waals surface area (Å²) in [5.74, 6) is 3.46. The predicted octanol–water partition coefficient (Wildman–Crippen LogP) is 4.84. The summed E-state index contributed by atoms with van der Waals surface area (Å²) in [6.07, 6.45) is 5.44. The Kier molecular flexibility index (Phi) is 3.87. The number of rotatable bonds is 4. The first-order chi connectivity index (χ1) is 14.0. The molecule has 0 radical (unpaired) electrons. The Bertz CT molecular complexity index is 1020. The lowest BCUT2D eigenvalue weighted by Crippen LogP contribution is -2.34. The van der Waals surface area contributed by atoms with Crippen molar-refractivity contribution >= 4 is 10.0 Å². The van der Waals surface area contributed by atoms with Crippen LogP contribution in [-0.2, 0) is 10.0 Å². The van der Waals surface area contributed by atoms with Crippen molar-refractivity contribution in [3.63, 3.8) is 0 Å². The summed E-state index contributed by atoms with van der Waals surface area (Å²) < 4.78 is 28.6. The SMILES string of the molecule is Cc1ccc(S(=O)(=O)N2C[C@H]3C(c4ccccc4)C3(C3[C@H]4CCCC[C@@H]34)C2)cc1. The molecule has 4 heteroatoms. The molecule has 29 heavy (non-hydrogen) atoms. The summed E-state index contributed by atoms with van der Waals surface area (Å²) >= 11 is 0. The van der Waals surface area contributed by atoms with Gasteiger partial charge in [0.05, 0.1) is 4.90 Å². The van der Waals surface area contributed by atoms with Gasteiger partial charge in [0.1, 0.15) is 0 Å². The molecule has 0 bridgehead atoms. The molecular weight excluding hydrogens is 378 g/mol. The second kappa shape index (κ2) is 6.18. The second-order valence-corrected chi connectivity index (χ2v) is 11.8. The van der Waals surface area contributed by atoms with Crippen LogP contribution in [0.3, 0.4) is 0 Å². The molecule has 152 valence electrons. The topological polar surface area (TPSA) is 37.4 Å². The Labute approximate surface area is 174 Å². The van der Waals surface area contributed by atoms with Crippen LogP contribution < -0.4 is 0 Å². The van der Waals surface area contributed by atoms with Gasteiger partial charge in [0.25, 0.3) is 0 Å². The molecule has 0 N–H and O–H groups in total. The first-order valence-electron chi connectivity index (χ1n) is 11.2. The number of nitrogens with zero attached hydrogens (tertiary/aromatic N) is 1. The fraction of sp³-hybridized carbons (Fsp3) is 0.520. The van der Waals surface area contributed by atoms with Crippen LogP contribution in [0, 0.1) is 36.0 Å². The Morgan fingerprint density at radius 1 is 0.931 bits per heavy atom. The van der Waals surface area contributed by atoms with E-state index in [-0.39, 0.29) is 5.41 Å². The minimum absolute atomic E-state index is 0.179. The summed E-state index contributed by atoms with van der Waals surface area (Å²) in [6.45, 7) is 3.40. The van der Waals surface area contributed by atoms with Gasteiger partial charge in [-0.2, -0.15) is 4.31 Å². The summed E-state index contributed by atoms with van der Waals surface area (Å²) in [5, 5.41) is 0. The average molecular weight is 408 g/mol. The zero-order chi connectivity index (χ0) is 19.8. The van der Waals surface area contributed by atoms with Gasteiger partial charge in [0.2, 0.25) is 10.0 Å². The van der Waals surface area contributed by atoms with Gasteiger partial charge in [0.15, 0.2) is 0 Å². The Morgan fingerprint density at radius 3 is 2.24 bits per heavy atom. The maximum Gasteiger partial charge on any atom is 0.243 e. The number of hydrogen-bond acceptors (Lipinski definition) is 2. The highest BCUT2D eigenvalue weighted by Gasteiger charge is 2.79. The van der Waals surface area contributed by atoms with Gasteiger partial charge in [-0.05, 0) is 72.5 Å². The maximum absolute atomic E-state index is 13.4. The van der Waals surface area contributed by atoms with Crippen molar-refractivity contribution in [2.75, 3.05) is 13.1 Å². The number of piperidine rings is 1. The normalized spacial score (nSPS) is 38.3. The molecule has 1 aliphatic heterocycles. The van der Waals surface area contributed by atoms with Crippen LogP contribution >= 0.6 is 0 Å². The molecule has 3 unspecified atom stereocenters. The van der Waals surface area contributed by atoms with Gasteiger partial charge < -0.3 is 0 Å². The van der Waals surface area contributed by atoms with Crippen LogP contribution in [0.25, 0.3) is 0 Å². The molecule has 1 saturated heterocycles. The molecule has 4 aliphatic rings. The fourth-order valence-electron chi connectivity index (χ4n) is 7.22. The van der Waals surface area contributed by atoms with E-state index < -0.39 is 10.0 Å². The fourth-order valence-corrected chi connectivity index (χ4v) is 8.74. The molecule has 2 aromatic rings. The quantitative estimate of drug-likeness (QED) is 0.728. The first-order valence-corrected chi connectivity index (χ1v) is 12.6. The number of sulfonamides is 1. The van der Waals surface area contributed by atoms with Crippen molar-refractivity contribution < 1.29 is 8.42 Å². The molecule has 3 saturated carbocycles. The van der Waals surface area contributed by atoms with Crippen LogP contribution in [0.15, 0.2) is 59.5 Å². The van der Waals surface area contributed by atoms with Crippen molar-refractivity contribution in [1.29, 1.82) is 0 Å². The lowest BCUT2D eigenvalue weighted by Gasteiger charge is -2.24. The molecular formula is C25H29NO2S. The summed E-state index contributed by atoms with van der Waals surface area (Å²) in [4.78, 5) is 0.448. The average Bonchev–Trinajstić information content (AvgIpc) is 3.58. The van der Waals surface area contributed by atoms with Gasteiger partial charge in [0, 0.05) is 13.1 Å². The van der Waals surface area contributed by atoms with Crippen LogP contribution in [0.5, 0.6) is 0 Å². The van der Waals surface area contributed by atoms with E-state index in [9.17, 15) is 8.42 Å². The zero-order valence-corrected chi connectivity index (χ0v) is 17.8. The molecule has 0 amide bonds. The van der Waals surface area contributed by atoms with Gasteiger partial charge in [-0.15, -0.1) is 0 Å². The molecule has 6 rings (SSSR count). The van der Waals surface area contributed by atoms with Crippen LogP contribution in [0.2, 0.25) is 0 Å². The molecule has 3 aliphatic carbocycles. The lowest BCUT2D eigenvalue weighted by atomic mass is 9.91. The smallest absolute Gasteiger partial charge is 0.207 e. The lowest BCUT2D eigenvalue weighted by molar-refractivity contribution is 0.335. The third-order valence-electron chi connectivity index (χ3n) is 8.51. The van der Waals surface area contributed by atoms with Gasteiger partial charge >= 0.3 is 0 Å². The third-order valence-corrected chi connectivity index (χ3v) is 10.3. The van der Waals surface area contributed by atoms with Crippen LogP contribution in [-0.4, -0.2) is 25.8 Å². The molecule has 0 aromatic heterocycles. The minimum Gasteiger partial charge on any atom is -0.207 e. The molecule has 3 nitrogen and oxygen atoms in total. The maximum atomic E-state index is 13.4. The number of fused-ring (bicyclic) bond motifs is 2. The van der Waals surface area contributed by atoms with Gasteiger partial charge in [-0.1, -0.05) is 60.9 Å². The molecule has 4 fully saturated rings.